The summed E-state index contributed by atoms with van der Waals surface area (Å²) >= 11 is 1.25. The summed E-state index contributed by atoms with van der Waals surface area (Å²) in [4.78, 5) is 19.4. The van der Waals surface area contributed by atoms with Crippen molar-refractivity contribution in [2.75, 3.05) is 0 Å². The largest absolute Gasteiger partial charge is 0.255 e. The van der Waals surface area contributed by atoms with Crippen molar-refractivity contribution in [1.29, 1.82) is 0 Å². The quantitative estimate of drug-likeness (QED) is 0.161. The summed E-state index contributed by atoms with van der Waals surface area (Å²) in [5.74, 6) is 0. The molecule has 0 amide bonds. The molecular weight excluding hydrogens is 669 g/mol. The summed E-state index contributed by atoms with van der Waals surface area (Å²) in [6, 6.07) is 54.3. The van der Waals surface area contributed by atoms with Crippen LogP contribution in [-0.2, 0) is 0 Å². The highest BCUT2D eigenvalue weighted by atomic mass is 32.1. The number of pyridine rings is 4. The molecule has 53 heavy (non-hydrogen) atoms. The van der Waals surface area contributed by atoms with Crippen LogP contribution in [0.1, 0.15) is 0 Å². The fraction of sp³-hybridized carbons (Fsp3) is 0. The Labute approximate surface area is 309 Å². The van der Waals surface area contributed by atoms with Crippen molar-refractivity contribution in [1.82, 2.24) is 28.7 Å². The lowest BCUT2D eigenvalue weighted by atomic mass is 9.93. The molecule has 5 aromatic heterocycles. The first-order valence-electron chi connectivity index (χ1n) is 17.4. The van der Waals surface area contributed by atoms with Gasteiger partial charge in [0.05, 0.1) is 45.7 Å². The summed E-state index contributed by atoms with van der Waals surface area (Å²) in [5, 5.41) is 3.21. The van der Waals surface area contributed by atoms with Gasteiger partial charge in [0.15, 0.2) is 0 Å². The SMILES string of the molecule is c1ccc(-c2cc3c(-c4cccc(-c5ccc(-c6cc(-c7ccccn7)nc(-c7ccccn7)c6)cc5)c4)nc4ccccc4c3c3nsnc23)cc1. The molecule has 0 aliphatic heterocycles. The van der Waals surface area contributed by atoms with Crippen molar-refractivity contribution >= 4 is 44.4 Å². The van der Waals surface area contributed by atoms with Crippen LogP contribution in [-0.4, -0.2) is 28.7 Å². The molecule has 248 valence electrons. The molecule has 0 aliphatic carbocycles. The Morgan fingerprint density at radius 1 is 0.377 bits per heavy atom. The van der Waals surface area contributed by atoms with Crippen LogP contribution >= 0.6 is 11.7 Å². The fourth-order valence-electron chi connectivity index (χ4n) is 7.11. The maximum absolute atomic E-state index is 5.29. The van der Waals surface area contributed by atoms with Gasteiger partial charge >= 0.3 is 0 Å². The van der Waals surface area contributed by atoms with E-state index in [0.717, 1.165) is 100 Å². The third-order valence-electron chi connectivity index (χ3n) is 9.65. The predicted molar refractivity (Wildman–Crippen MR) is 216 cm³/mol. The Kier molecular flexibility index (Phi) is 7.55. The third kappa shape index (κ3) is 5.60. The lowest BCUT2D eigenvalue weighted by molar-refractivity contribution is 1.22. The predicted octanol–water partition coefficient (Wildman–Crippen LogP) is 11.6. The van der Waals surface area contributed by atoms with Gasteiger partial charge in [0.25, 0.3) is 0 Å². The number of nitrogens with zero attached hydrogens (tertiary/aromatic N) is 6. The first-order valence-corrected chi connectivity index (χ1v) is 18.1. The topological polar surface area (TPSA) is 77.3 Å². The Morgan fingerprint density at radius 2 is 1.00 bits per heavy atom. The zero-order valence-corrected chi connectivity index (χ0v) is 29.1. The van der Waals surface area contributed by atoms with Crippen LogP contribution in [0.15, 0.2) is 170 Å². The number of rotatable bonds is 6. The van der Waals surface area contributed by atoms with E-state index in [1.807, 2.05) is 48.5 Å². The summed E-state index contributed by atoms with van der Waals surface area (Å²) in [6.07, 6.45) is 3.59. The summed E-state index contributed by atoms with van der Waals surface area (Å²) in [5.41, 5.74) is 14.5. The van der Waals surface area contributed by atoms with Crippen molar-refractivity contribution in [2.24, 2.45) is 0 Å². The van der Waals surface area contributed by atoms with Crippen molar-refractivity contribution in [3.05, 3.63) is 170 Å². The maximum atomic E-state index is 5.29. The summed E-state index contributed by atoms with van der Waals surface area (Å²) < 4.78 is 9.63. The number of benzene rings is 5. The molecule has 5 aromatic carbocycles. The summed E-state index contributed by atoms with van der Waals surface area (Å²) in [7, 11) is 0. The van der Waals surface area contributed by atoms with Crippen LogP contribution < -0.4 is 0 Å². The van der Waals surface area contributed by atoms with Crippen molar-refractivity contribution in [3.63, 3.8) is 0 Å². The van der Waals surface area contributed by atoms with Gasteiger partial charge in [-0.15, -0.1) is 0 Å². The van der Waals surface area contributed by atoms with Gasteiger partial charge in [-0.05, 0) is 82.4 Å². The van der Waals surface area contributed by atoms with E-state index in [2.05, 4.69) is 119 Å². The van der Waals surface area contributed by atoms with Crippen LogP contribution in [0.3, 0.4) is 0 Å². The van der Waals surface area contributed by atoms with Gasteiger partial charge in [0.2, 0.25) is 0 Å². The number of hydrogen-bond acceptors (Lipinski definition) is 7. The first-order chi connectivity index (χ1) is 26.3. The zero-order valence-electron chi connectivity index (χ0n) is 28.3. The van der Waals surface area contributed by atoms with Crippen LogP contribution in [0.5, 0.6) is 0 Å². The molecule has 0 atom stereocenters. The molecular formula is C46H28N6S. The number of aromatic nitrogens is 6. The Balaban J connectivity index is 1.09. The minimum absolute atomic E-state index is 0.803. The number of hydrogen-bond donors (Lipinski definition) is 0. The number of para-hydroxylation sites is 1. The van der Waals surface area contributed by atoms with Gasteiger partial charge in [-0.3, -0.25) is 9.97 Å². The molecule has 0 unspecified atom stereocenters. The second-order valence-electron chi connectivity index (χ2n) is 12.9. The van der Waals surface area contributed by atoms with Crippen LogP contribution in [0.2, 0.25) is 0 Å². The van der Waals surface area contributed by atoms with Crippen LogP contribution in [0, 0.1) is 0 Å². The van der Waals surface area contributed by atoms with E-state index in [1.165, 1.54) is 11.7 Å². The van der Waals surface area contributed by atoms with E-state index < -0.39 is 0 Å². The van der Waals surface area contributed by atoms with Gasteiger partial charge in [-0.25, -0.2) is 9.97 Å². The van der Waals surface area contributed by atoms with Crippen LogP contribution in [0.4, 0.5) is 0 Å². The average molecular weight is 697 g/mol. The highest BCUT2D eigenvalue weighted by Crippen LogP contribution is 2.41. The highest BCUT2D eigenvalue weighted by Gasteiger charge is 2.19. The Hall–Kier alpha value is -6.96. The average Bonchev–Trinajstić information content (AvgIpc) is 3.74. The zero-order chi connectivity index (χ0) is 35.1. The van der Waals surface area contributed by atoms with Gasteiger partial charge in [-0.2, -0.15) is 8.75 Å². The number of fused-ring (bicyclic) bond motifs is 5. The van der Waals surface area contributed by atoms with E-state index in [1.54, 1.807) is 12.4 Å². The molecule has 10 aromatic rings. The van der Waals surface area contributed by atoms with Crippen molar-refractivity contribution in [3.8, 4) is 67.4 Å². The summed E-state index contributed by atoms with van der Waals surface area (Å²) in [6.45, 7) is 0. The molecule has 0 radical (unpaired) electrons. The normalized spacial score (nSPS) is 11.4. The molecule has 6 nitrogen and oxygen atoms in total. The smallest absolute Gasteiger partial charge is 0.114 e. The van der Waals surface area contributed by atoms with E-state index in [4.69, 9.17) is 18.7 Å². The van der Waals surface area contributed by atoms with Gasteiger partial charge in [0.1, 0.15) is 11.0 Å². The minimum atomic E-state index is 0.803. The molecule has 5 heterocycles. The molecule has 0 saturated heterocycles. The molecule has 10 rings (SSSR count). The van der Waals surface area contributed by atoms with E-state index in [0.29, 0.717) is 0 Å². The van der Waals surface area contributed by atoms with E-state index >= 15 is 0 Å². The molecule has 0 saturated carbocycles. The second-order valence-corrected chi connectivity index (χ2v) is 13.4. The molecule has 0 spiro atoms. The minimum Gasteiger partial charge on any atom is -0.255 e. The lowest BCUT2D eigenvalue weighted by Gasteiger charge is -2.14. The first kappa shape index (κ1) is 30.8. The van der Waals surface area contributed by atoms with Crippen LogP contribution in [0.25, 0.3) is 100 Å². The van der Waals surface area contributed by atoms with Gasteiger partial charge in [-0.1, -0.05) is 103 Å². The molecule has 0 fully saturated rings. The van der Waals surface area contributed by atoms with Crippen molar-refractivity contribution in [2.45, 2.75) is 0 Å². The Bertz CT molecular complexity index is 2870. The molecule has 0 N–H and O–H groups in total. The molecule has 0 bridgehead atoms. The maximum Gasteiger partial charge on any atom is 0.114 e. The van der Waals surface area contributed by atoms with E-state index in [9.17, 15) is 0 Å². The van der Waals surface area contributed by atoms with Crippen molar-refractivity contribution < 1.29 is 0 Å². The molecule has 7 heteroatoms. The second kappa shape index (κ2) is 13.0. The monoisotopic (exact) mass is 696 g/mol. The third-order valence-corrected chi connectivity index (χ3v) is 10.2. The standard InChI is InChI=1S/C46H28N6S/c1-2-11-31(12-3-1)36-28-37-43(46-45(36)51-53-52-46)35-15-4-5-16-38(35)50-44(37)33-14-10-13-32(25-33)29-19-21-30(22-20-29)34-26-41(39-17-6-8-23-47-39)49-42(27-34)40-18-7-9-24-48-40/h1-28H. The highest BCUT2D eigenvalue weighted by molar-refractivity contribution is 7.00. The molecule has 0 aliphatic rings. The van der Waals surface area contributed by atoms with Gasteiger partial charge in [0, 0.05) is 39.7 Å². The fourth-order valence-corrected chi connectivity index (χ4v) is 7.68. The Morgan fingerprint density at radius 3 is 1.72 bits per heavy atom. The van der Waals surface area contributed by atoms with E-state index in [-0.39, 0.29) is 0 Å². The lowest BCUT2D eigenvalue weighted by Crippen LogP contribution is -1.94. The van der Waals surface area contributed by atoms with Gasteiger partial charge < -0.3 is 0 Å².